The maximum Gasteiger partial charge on any atom is 0.281 e. The van der Waals surface area contributed by atoms with Crippen molar-refractivity contribution in [2.24, 2.45) is 4.99 Å². The van der Waals surface area contributed by atoms with E-state index in [0.29, 0.717) is 21.0 Å². The van der Waals surface area contributed by atoms with Gasteiger partial charge < -0.3 is 4.57 Å². The Kier molecular flexibility index (Phi) is 5.03. The summed E-state index contributed by atoms with van der Waals surface area (Å²) in [5.74, 6) is -0.468. The second kappa shape index (κ2) is 7.38. The van der Waals surface area contributed by atoms with Crippen LogP contribution in [0.15, 0.2) is 71.2 Å². The number of amides is 1. The molecule has 0 aliphatic rings. The third kappa shape index (κ3) is 3.69. The number of hydrogen-bond donors (Lipinski definition) is 0. The number of carbonyl (C=O) groups is 2. The molecule has 120 valence electrons. The Labute approximate surface area is 147 Å². The van der Waals surface area contributed by atoms with E-state index < -0.39 is 5.91 Å². The Hall–Kier alpha value is -2.50. The van der Waals surface area contributed by atoms with Gasteiger partial charge in [-0.15, -0.1) is 11.3 Å². The average molecular weight is 357 g/mol. The maximum atomic E-state index is 12.3. The number of benzene rings is 2. The fourth-order valence-electron chi connectivity index (χ4n) is 2.16. The lowest BCUT2D eigenvalue weighted by molar-refractivity contribution is 0.0963. The summed E-state index contributed by atoms with van der Waals surface area (Å²) in [6, 6.07) is 15.8. The number of rotatable bonds is 4. The van der Waals surface area contributed by atoms with Crippen LogP contribution < -0.4 is 4.80 Å². The summed E-state index contributed by atoms with van der Waals surface area (Å²) < 4.78 is 1.66. The molecule has 0 saturated heterocycles. The number of nitrogens with zero attached hydrogens (tertiary/aromatic N) is 2. The predicted octanol–water partition coefficient (Wildman–Crippen LogP) is 3.83. The van der Waals surface area contributed by atoms with E-state index in [9.17, 15) is 9.59 Å². The van der Waals surface area contributed by atoms with Gasteiger partial charge in [0, 0.05) is 17.1 Å². The van der Waals surface area contributed by atoms with Crippen LogP contribution in [0.4, 0.5) is 0 Å². The molecule has 0 aliphatic heterocycles. The Bertz CT molecular complexity index is 945. The minimum atomic E-state index is -0.427. The number of hydrogen-bond acceptors (Lipinski definition) is 3. The number of halogens is 1. The summed E-state index contributed by atoms with van der Waals surface area (Å²) in [5.41, 5.74) is 0.966. The number of carbonyl (C=O) groups excluding carboxylic acids is 2. The van der Waals surface area contributed by atoms with Crippen molar-refractivity contribution >= 4 is 34.6 Å². The van der Waals surface area contributed by atoms with Gasteiger partial charge in [0.2, 0.25) is 0 Å². The molecule has 0 N–H and O–H groups in total. The van der Waals surface area contributed by atoms with Crippen molar-refractivity contribution in [2.45, 2.75) is 6.54 Å². The van der Waals surface area contributed by atoms with Crippen LogP contribution in [0.2, 0.25) is 5.02 Å². The molecule has 3 rings (SSSR count). The summed E-state index contributed by atoms with van der Waals surface area (Å²) >= 11 is 7.32. The molecule has 0 saturated carbocycles. The van der Waals surface area contributed by atoms with Gasteiger partial charge in [-0.25, -0.2) is 0 Å². The van der Waals surface area contributed by atoms with E-state index in [1.54, 1.807) is 52.5 Å². The molecule has 0 radical (unpaired) electrons. The van der Waals surface area contributed by atoms with E-state index in [4.69, 9.17) is 11.6 Å². The van der Waals surface area contributed by atoms with Crippen LogP contribution in [-0.4, -0.2) is 16.3 Å². The van der Waals surface area contributed by atoms with E-state index in [-0.39, 0.29) is 12.3 Å². The molecular formula is C18H13ClN2O2S. The van der Waals surface area contributed by atoms with Gasteiger partial charge in [0.15, 0.2) is 10.6 Å². The zero-order valence-electron chi connectivity index (χ0n) is 12.6. The second-order valence-corrected chi connectivity index (χ2v) is 6.28. The van der Waals surface area contributed by atoms with Crippen LogP contribution in [0.1, 0.15) is 20.7 Å². The molecule has 3 aromatic rings. The SMILES string of the molecule is O=C(Cn1ccsc1=NC(=O)c1ccccc1Cl)c1ccccc1. The van der Waals surface area contributed by atoms with Gasteiger partial charge in [-0.1, -0.05) is 54.1 Å². The third-order valence-electron chi connectivity index (χ3n) is 3.37. The molecular weight excluding hydrogens is 344 g/mol. The summed E-state index contributed by atoms with van der Waals surface area (Å²) in [7, 11) is 0. The Morgan fingerprint density at radius 3 is 2.50 bits per heavy atom. The highest BCUT2D eigenvalue weighted by Crippen LogP contribution is 2.15. The fourth-order valence-corrected chi connectivity index (χ4v) is 3.10. The van der Waals surface area contributed by atoms with Crippen LogP contribution in [0.3, 0.4) is 0 Å². The fraction of sp³-hybridized carbons (Fsp3) is 0.0556. The standard InChI is InChI=1S/C18H13ClN2O2S/c19-15-9-5-4-8-14(15)17(23)20-18-21(10-11-24-18)12-16(22)13-6-2-1-3-7-13/h1-11H,12H2. The van der Waals surface area contributed by atoms with Crippen LogP contribution >= 0.6 is 22.9 Å². The quantitative estimate of drug-likeness (QED) is 0.667. The van der Waals surface area contributed by atoms with E-state index in [1.165, 1.54) is 11.3 Å². The van der Waals surface area contributed by atoms with E-state index in [0.717, 1.165) is 0 Å². The minimum absolute atomic E-state index is 0.0411. The van der Waals surface area contributed by atoms with Crippen molar-refractivity contribution in [3.8, 4) is 0 Å². The molecule has 0 bridgehead atoms. The molecule has 0 unspecified atom stereocenters. The van der Waals surface area contributed by atoms with Crippen molar-refractivity contribution in [3.63, 3.8) is 0 Å². The molecule has 0 atom stereocenters. The largest absolute Gasteiger partial charge is 0.316 e. The van der Waals surface area contributed by atoms with Gasteiger partial charge in [0.1, 0.15) is 0 Å². The second-order valence-electron chi connectivity index (χ2n) is 5.00. The van der Waals surface area contributed by atoms with Crippen LogP contribution in [0.25, 0.3) is 0 Å². The Balaban J connectivity index is 1.87. The van der Waals surface area contributed by atoms with Crippen LogP contribution in [0, 0.1) is 0 Å². The molecule has 1 aromatic heterocycles. The normalized spacial score (nSPS) is 11.5. The Morgan fingerprint density at radius 2 is 1.75 bits per heavy atom. The first-order chi connectivity index (χ1) is 11.6. The van der Waals surface area contributed by atoms with E-state index in [1.807, 2.05) is 18.2 Å². The van der Waals surface area contributed by atoms with Gasteiger partial charge in [0.05, 0.1) is 17.1 Å². The summed E-state index contributed by atoms with van der Waals surface area (Å²) in [6.45, 7) is 0.127. The minimum Gasteiger partial charge on any atom is -0.316 e. The highest BCUT2D eigenvalue weighted by Gasteiger charge is 2.11. The third-order valence-corrected chi connectivity index (χ3v) is 4.50. The smallest absolute Gasteiger partial charge is 0.281 e. The van der Waals surface area contributed by atoms with Crippen molar-refractivity contribution < 1.29 is 9.59 Å². The predicted molar refractivity (Wildman–Crippen MR) is 94.4 cm³/mol. The number of ketones is 1. The van der Waals surface area contributed by atoms with E-state index in [2.05, 4.69) is 4.99 Å². The first kappa shape index (κ1) is 16.4. The lowest BCUT2D eigenvalue weighted by Crippen LogP contribution is -2.21. The number of aromatic nitrogens is 1. The first-order valence-corrected chi connectivity index (χ1v) is 8.46. The highest BCUT2D eigenvalue weighted by molar-refractivity contribution is 7.07. The maximum absolute atomic E-state index is 12.3. The van der Waals surface area contributed by atoms with Gasteiger partial charge in [-0.3, -0.25) is 9.59 Å². The molecule has 6 heteroatoms. The van der Waals surface area contributed by atoms with Crippen molar-refractivity contribution in [3.05, 3.63) is 87.1 Å². The lowest BCUT2D eigenvalue weighted by atomic mass is 10.1. The molecule has 4 nitrogen and oxygen atoms in total. The zero-order valence-corrected chi connectivity index (χ0v) is 14.1. The van der Waals surface area contributed by atoms with Crippen LogP contribution in [0.5, 0.6) is 0 Å². The average Bonchev–Trinajstić information content (AvgIpc) is 3.02. The molecule has 24 heavy (non-hydrogen) atoms. The van der Waals surface area contributed by atoms with Crippen molar-refractivity contribution in [1.29, 1.82) is 0 Å². The monoisotopic (exact) mass is 356 g/mol. The van der Waals surface area contributed by atoms with Gasteiger partial charge in [-0.05, 0) is 12.1 Å². The van der Waals surface area contributed by atoms with Gasteiger partial charge >= 0.3 is 0 Å². The number of Topliss-reactive ketones (excluding diaryl/α,β-unsaturated/α-hetero) is 1. The molecule has 0 aliphatic carbocycles. The van der Waals surface area contributed by atoms with Gasteiger partial charge in [0.25, 0.3) is 5.91 Å². The molecule has 0 spiro atoms. The first-order valence-electron chi connectivity index (χ1n) is 7.21. The summed E-state index contributed by atoms with van der Waals surface area (Å²) in [5, 5.41) is 2.14. The summed E-state index contributed by atoms with van der Waals surface area (Å²) in [4.78, 5) is 29.2. The molecule has 2 aromatic carbocycles. The number of thiazole rings is 1. The zero-order chi connectivity index (χ0) is 16.9. The molecule has 1 heterocycles. The lowest BCUT2D eigenvalue weighted by Gasteiger charge is -2.03. The topological polar surface area (TPSA) is 51.4 Å². The van der Waals surface area contributed by atoms with E-state index >= 15 is 0 Å². The molecule has 1 amide bonds. The summed E-state index contributed by atoms with van der Waals surface area (Å²) in [6.07, 6.45) is 1.74. The van der Waals surface area contributed by atoms with Crippen molar-refractivity contribution in [1.82, 2.24) is 4.57 Å². The highest BCUT2D eigenvalue weighted by atomic mass is 35.5. The van der Waals surface area contributed by atoms with Gasteiger partial charge in [-0.2, -0.15) is 4.99 Å². The molecule has 0 fully saturated rings. The van der Waals surface area contributed by atoms with Crippen LogP contribution in [-0.2, 0) is 6.54 Å². The van der Waals surface area contributed by atoms with Crippen molar-refractivity contribution in [2.75, 3.05) is 0 Å². The Morgan fingerprint density at radius 1 is 1.04 bits per heavy atom.